The zero-order valence-electron chi connectivity index (χ0n) is 19.7. The highest BCUT2D eigenvalue weighted by atomic mass is 16.5. The normalized spacial score (nSPS) is 19.0. The first kappa shape index (κ1) is 23.5. The molecule has 1 unspecified atom stereocenters. The Bertz CT molecular complexity index is 1130. The molecular formula is C28H31N3O3. The van der Waals surface area contributed by atoms with E-state index in [1.54, 1.807) is 13.3 Å². The third-order valence-corrected chi connectivity index (χ3v) is 7.02. The summed E-state index contributed by atoms with van der Waals surface area (Å²) in [6.45, 7) is 2.71. The molecule has 3 aromatic rings. The highest BCUT2D eigenvalue weighted by Gasteiger charge is 2.41. The molecule has 1 aliphatic heterocycles. The van der Waals surface area contributed by atoms with Gasteiger partial charge in [0.15, 0.2) is 0 Å². The molecule has 1 saturated heterocycles. The quantitative estimate of drug-likeness (QED) is 0.534. The zero-order chi connectivity index (χ0) is 24.1. The molecule has 0 bridgehead atoms. The van der Waals surface area contributed by atoms with E-state index in [1.807, 2.05) is 35.2 Å². The van der Waals surface area contributed by atoms with Crippen LogP contribution in [-0.4, -0.2) is 35.4 Å². The maximum atomic E-state index is 13.4. The van der Waals surface area contributed by atoms with Crippen molar-refractivity contribution in [2.45, 2.75) is 44.1 Å². The van der Waals surface area contributed by atoms with E-state index in [0.29, 0.717) is 25.3 Å². The number of primary amides is 1. The second kappa shape index (κ2) is 10.1. The Balaban J connectivity index is 1.49. The molecular weight excluding hydrogens is 426 g/mol. The van der Waals surface area contributed by atoms with Crippen LogP contribution in [0.4, 0.5) is 0 Å². The van der Waals surface area contributed by atoms with Crippen LogP contribution in [0.5, 0.6) is 5.88 Å². The van der Waals surface area contributed by atoms with Crippen LogP contribution >= 0.6 is 0 Å². The highest BCUT2D eigenvalue weighted by molar-refractivity contribution is 5.80. The molecule has 0 radical (unpaired) electrons. The molecule has 1 fully saturated rings. The van der Waals surface area contributed by atoms with Gasteiger partial charge in [0.05, 0.1) is 13.2 Å². The van der Waals surface area contributed by atoms with Crippen LogP contribution in [-0.2, 0) is 15.0 Å². The van der Waals surface area contributed by atoms with E-state index in [4.69, 9.17) is 10.5 Å². The maximum Gasteiger partial charge on any atom is 0.223 e. The lowest BCUT2D eigenvalue weighted by Crippen LogP contribution is -2.47. The smallest absolute Gasteiger partial charge is 0.223 e. The summed E-state index contributed by atoms with van der Waals surface area (Å²) in [5.41, 5.74) is 9.37. The number of ether oxygens (including phenoxy) is 1. The first-order valence-electron chi connectivity index (χ1n) is 11.7. The van der Waals surface area contributed by atoms with Gasteiger partial charge >= 0.3 is 0 Å². The van der Waals surface area contributed by atoms with Crippen molar-refractivity contribution in [3.63, 3.8) is 0 Å². The van der Waals surface area contributed by atoms with Crippen molar-refractivity contribution in [2.24, 2.45) is 5.73 Å². The van der Waals surface area contributed by atoms with Gasteiger partial charge in [-0.05, 0) is 42.5 Å². The number of carbonyl (C=O) groups excluding carboxylic acids is 2. The first-order valence-corrected chi connectivity index (χ1v) is 11.7. The summed E-state index contributed by atoms with van der Waals surface area (Å²) >= 11 is 0. The van der Waals surface area contributed by atoms with Gasteiger partial charge in [-0.2, -0.15) is 0 Å². The van der Waals surface area contributed by atoms with Gasteiger partial charge in [-0.25, -0.2) is 4.98 Å². The molecule has 176 valence electrons. The van der Waals surface area contributed by atoms with E-state index in [1.165, 1.54) is 0 Å². The fourth-order valence-corrected chi connectivity index (χ4v) is 4.91. The summed E-state index contributed by atoms with van der Waals surface area (Å²) in [6, 6.07) is 22.1. The number of piperidine rings is 1. The van der Waals surface area contributed by atoms with Crippen LogP contribution in [0.25, 0.3) is 11.1 Å². The molecule has 0 spiro atoms. The number of hydrogen-bond acceptors (Lipinski definition) is 4. The molecule has 0 saturated carbocycles. The van der Waals surface area contributed by atoms with E-state index >= 15 is 0 Å². The van der Waals surface area contributed by atoms with Gasteiger partial charge in [-0.15, -0.1) is 0 Å². The topological polar surface area (TPSA) is 85.5 Å². The Labute approximate surface area is 200 Å². The van der Waals surface area contributed by atoms with Gasteiger partial charge in [-0.3, -0.25) is 9.59 Å². The van der Waals surface area contributed by atoms with Gasteiger partial charge < -0.3 is 15.4 Å². The average Bonchev–Trinajstić information content (AvgIpc) is 2.88. The molecule has 4 rings (SSSR count). The Kier molecular flexibility index (Phi) is 6.96. The van der Waals surface area contributed by atoms with E-state index in [-0.39, 0.29) is 29.7 Å². The lowest BCUT2D eigenvalue weighted by atomic mass is 9.69. The second-order valence-electron chi connectivity index (χ2n) is 9.01. The number of methoxy groups -OCH3 is 1. The average molecular weight is 458 g/mol. The fourth-order valence-electron chi connectivity index (χ4n) is 4.91. The molecule has 2 amide bonds. The maximum absolute atomic E-state index is 13.4. The van der Waals surface area contributed by atoms with Gasteiger partial charge in [0.1, 0.15) is 0 Å². The van der Waals surface area contributed by atoms with Crippen molar-refractivity contribution in [2.75, 3.05) is 13.7 Å². The third kappa shape index (κ3) is 4.96. The SMILES string of the molecule is COc1ccc(-c2ccc([C@H](C)N3CCC(CCC(N)=O)(c4ccccc4)CC3=O)cc2)cn1. The van der Waals surface area contributed by atoms with Crippen molar-refractivity contribution < 1.29 is 14.3 Å². The minimum atomic E-state index is -0.352. The van der Waals surface area contributed by atoms with Crippen LogP contribution < -0.4 is 10.5 Å². The van der Waals surface area contributed by atoms with Crippen molar-refractivity contribution >= 4 is 11.8 Å². The number of likely N-dealkylation sites (tertiary alicyclic amines) is 1. The van der Waals surface area contributed by atoms with Crippen molar-refractivity contribution in [3.8, 4) is 17.0 Å². The van der Waals surface area contributed by atoms with E-state index in [9.17, 15) is 9.59 Å². The number of benzene rings is 2. The summed E-state index contributed by atoms with van der Waals surface area (Å²) < 4.78 is 5.13. The van der Waals surface area contributed by atoms with Gasteiger partial charge in [0.25, 0.3) is 0 Å². The van der Waals surface area contributed by atoms with Crippen molar-refractivity contribution in [3.05, 3.63) is 84.1 Å². The molecule has 0 aliphatic carbocycles. The van der Waals surface area contributed by atoms with Gasteiger partial charge in [-0.1, -0.05) is 54.6 Å². The summed E-state index contributed by atoms with van der Waals surface area (Å²) in [6.07, 6.45) is 3.84. The van der Waals surface area contributed by atoms with Crippen LogP contribution in [0.1, 0.15) is 49.8 Å². The van der Waals surface area contributed by atoms with Crippen molar-refractivity contribution in [1.82, 2.24) is 9.88 Å². The second-order valence-corrected chi connectivity index (χ2v) is 9.01. The number of nitrogens with zero attached hydrogens (tertiary/aromatic N) is 2. The number of nitrogens with two attached hydrogens (primary N) is 1. The number of aromatic nitrogens is 1. The van der Waals surface area contributed by atoms with Crippen LogP contribution in [0.15, 0.2) is 72.9 Å². The summed E-state index contributed by atoms with van der Waals surface area (Å²) in [5, 5.41) is 0. The summed E-state index contributed by atoms with van der Waals surface area (Å²) in [5.74, 6) is 0.362. The molecule has 2 atom stereocenters. The standard InChI is InChI=1S/C28H31N3O3/c1-20(21-8-10-22(11-9-21)23-12-13-26(34-2)30-19-23)31-17-16-28(18-27(31)33,15-14-25(29)32)24-6-4-3-5-7-24/h3-13,19-20H,14-18H2,1-2H3,(H2,29,32)/t20-,28?/m0/s1. The van der Waals surface area contributed by atoms with Crippen LogP contribution in [0, 0.1) is 0 Å². The van der Waals surface area contributed by atoms with Crippen LogP contribution in [0.3, 0.4) is 0 Å². The minimum absolute atomic E-state index is 0.0412. The monoisotopic (exact) mass is 457 g/mol. The Morgan fingerprint density at radius 3 is 2.38 bits per heavy atom. The molecule has 1 aliphatic rings. The zero-order valence-corrected chi connectivity index (χ0v) is 19.7. The fraction of sp³-hybridized carbons (Fsp3) is 0.321. The van der Waals surface area contributed by atoms with E-state index < -0.39 is 0 Å². The number of rotatable bonds is 8. The number of carbonyl (C=O) groups is 2. The number of hydrogen-bond donors (Lipinski definition) is 1. The lowest BCUT2D eigenvalue weighted by molar-refractivity contribution is -0.139. The minimum Gasteiger partial charge on any atom is -0.481 e. The van der Waals surface area contributed by atoms with Crippen LogP contribution in [0.2, 0.25) is 0 Å². The van der Waals surface area contributed by atoms with Crippen molar-refractivity contribution in [1.29, 1.82) is 0 Å². The van der Waals surface area contributed by atoms with E-state index in [0.717, 1.165) is 28.7 Å². The Morgan fingerprint density at radius 1 is 1.09 bits per heavy atom. The molecule has 34 heavy (non-hydrogen) atoms. The number of pyridine rings is 1. The summed E-state index contributed by atoms with van der Waals surface area (Å²) in [4.78, 5) is 31.1. The highest BCUT2D eigenvalue weighted by Crippen LogP contribution is 2.42. The summed E-state index contributed by atoms with van der Waals surface area (Å²) in [7, 11) is 1.60. The number of amides is 2. The molecule has 6 heteroatoms. The predicted octanol–water partition coefficient (Wildman–Crippen LogP) is 4.64. The molecule has 6 nitrogen and oxygen atoms in total. The Morgan fingerprint density at radius 2 is 1.79 bits per heavy atom. The molecule has 1 aromatic heterocycles. The Hall–Kier alpha value is -3.67. The third-order valence-electron chi connectivity index (χ3n) is 7.02. The molecule has 2 aromatic carbocycles. The first-order chi connectivity index (χ1) is 16.4. The lowest BCUT2D eigenvalue weighted by Gasteiger charge is -2.44. The predicted molar refractivity (Wildman–Crippen MR) is 132 cm³/mol. The van der Waals surface area contributed by atoms with Gasteiger partial charge in [0, 0.05) is 42.6 Å². The largest absolute Gasteiger partial charge is 0.481 e. The van der Waals surface area contributed by atoms with Gasteiger partial charge in [0.2, 0.25) is 17.7 Å². The molecule has 2 heterocycles. The molecule has 2 N–H and O–H groups in total. The van der Waals surface area contributed by atoms with E-state index in [2.05, 4.69) is 48.3 Å².